The van der Waals surface area contributed by atoms with E-state index < -0.39 is 18.5 Å². The Kier molecular flexibility index (Phi) is 5.84. The van der Waals surface area contributed by atoms with Crippen LogP contribution >= 0.6 is 0 Å². The Balaban J connectivity index is 1.41. The molecule has 3 rings (SSSR count). The maximum atomic E-state index is 12.1. The lowest BCUT2D eigenvalue weighted by molar-refractivity contribution is -0.142. The van der Waals surface area contributed by atoms with E-state index in [1.54, 1.807) is 18.2 Å². The molecule has 0 spiro atoms. The first-order chi connectivity index (χ1) is 13.1. The van der Waals surface area contributed by atoms with Gasteiger partial charge >= 0.3 is 5.97 Å². The Bertz CT molecular complexity index is 875. The van der Waals surface area contributed by atoms with Crippen LogP contribution in [0.5, 0.6) is 11.5 Å². The van der Waals surface area contributed by atoms with Crippen LogP contribution in [0.15, 0.2) is 54.6 Å². The van der Waals surface area contributed by atoms with E-state index in [0.717, 1.165) is 5.56 Å². The third kappa shape index (κ3) is 5.18. The smallest absolute Gasteiger partial charge is 0.325 e. The zero-order chi connectivity index (χ0) is 19.1. The molecule has 0 fully saturated rings. The molecule has 1 aliphatic heterocycles. The molecule has 1 amide bonds. The van der Waals surface area contributed by atoms with Gasteiger partial charge in [-0.05, 0) is 29.8 Å². The molecule has 7 nitrogen and oxygen atoms in total. The summed E-state index contributed by atoms with van der Waals surface area (Å²) in [6, 6.07) is 14.0. The molecule has 0 atom stereocenters. The summed E-state index contributed by atoms with van der Waals surface area (Å²) in [5.74, 6) is -0.472. The standard InChI is InChI=1S/C20H17NO6/c22-16(15-7-8-17-18(10-15)27-13-26-17)12-25-20(24)11-21-19(23)9-6-14-4-2-1-3-5-14/h1-10H,11-13H2,(H,21,23)/b9-6+. The van der Waals surface area contributed by atoms with Gasteiger partial charge in [-0.3, -0.25) is 14.4 Å². The molecule has 0 saturated heterocycles. The van der Waals surface area contributed by atoms with Crippen molar-refractivity contribution in [1.29, 1.82) is 0 Å². The largest absolute Gasteiger partial charge is 0.456 e. The van der Waals surface area contributed by atoms with E-state index in [0.29, 0.717) is 17.1 Å². The van der Waals surface area contributed by atoms with E-state index in [1.165, 1.54) is 12.1 Å². The molecule has 1 heterocycles. The fourth-order valence-corrected chi connectivity index (χ4v) is 2.30. The summed E-state index contributed by atoms with van der Waals surface area (Å²) in [4.78, 5) is 35.5. The Labute approximate surface area is 155 Å². The van der Waals surface area contributed by atoms with Gasteiger partial charge in [-0.15, -0.1) is 0 Å². The maximum absolute atomic E-state index is 12.1. The Morgan fingerprint density at radius 2 is 1.81 bits per heavy atom. The molecule has 1 aliphatic rings. The Morgan fingerprint density at radius 1 is 1.04 bits per heavy atom. The highest BCUT2D eigenvalue weighted by Crippen LogP contribution is 2.32. The number of fused-ring (bicyclic) bond motifs is 1. The average molecular weight is 367 g/mol. The molecule has 7 heteroatoms. The number of carbonyl (C=O) groups is 3. The quantitative estimate of drug-likeness (QED) is 0.457. The minimum atomic E-state index is -0.703. The highest BCUT2D eigenvalue weighted by molar-refractivity contribution is 5.99. The number of benzene rings is 2. The average Bonchev–Trinajstić information content (AvgIpc) is 3.17. The minimum absolute atomic E-state index is 0.111. The van der Waals surface area contributed by atoms with Gasteiger partial charge in [-0.25, -0.2) is 0 Å². The predicted molar refractivity (Wildman–Crippen MR) is 96.3 cm³/mol. The van der Waals surface area contributed by atoms with Crippen molar-refractivity contribution in [3.8, 4) is 11.5 Å². The van der Waals surface area contributed by atoms with Gasteiger partial charge in [0.25, 0.3) is 0 Å². The Hall–Kier alpha value is -3.61. The van der Waals surface area contributed by atoms with Crippen LogP contribution in [-0.4, -0.2) is 37.6 Å². The van der Waals surface area contributed by atoms with Gasteiger partial charge in [-0.2, -0.15) is 0 Å². The number of ketones is 1. The minimum Gasteiger partial charge on any atom is -0.456 e. The van der Waals surface area contributed by atoms with Gasteiger partial charge in [-0.1, -0.05) is 30.3 Å². The fourth-order valence-electron chi connectivity index (χ4n) is 2.30. The molecule has 0 aliphatic carbocycles. The van der Waals surface area contributed by atoms with Crippen molar-refractivity contribution in [3.63, 3.8) is 0 Å². The van der Waals surface area contributed by atoms with Gasteiger partial charge in [0, 0.05) is 11.6 Å². The number of hydrogen-bond acceptors (Lipinski definition) is 6. The molecule has 0 unspecified atom stereocenters. The molecule has 0 saturated carbocycles. The first-order valence-electron chi connectivity index (χ1n) is 8.21. The second-order valence-corrected chi connectivity index (χ2v) is 5.61. The molecular formula is C20H17NO6. The van der Waals surface area contributed by atoms with E-state index in [-0.39, 0.29) is 19.1 Å². The molecule has 2 aromatic rings. The normalized spacial score (nSPS) is 12.0. The van der Waals surface area contributed by atoms with Crippen molar-refractivity contribution in [1.82, 2.24) is 5.32 Å². The highest BCUT2D eigenvalue weighted by Gasteiger charge is 2.17. The summed E-state index contributed by atoms with van der Waals surface area (Å²) in [5.41, 5.74) is 1.21. The molecule has 138 valence electrons. The van der Waals surface area contributed by atoms with Crippen molar-refractivity contribution in [2.75, 3.05) is 19.9 Å². The first-order valence-corrected chi connectivity index (χ1v) is 8.21. The number of ether oxygens (including phenoxy) is 3. The highest BCUT2D eigenvalue weighted by atomic mass is 16.7. The number of hydrogen-bond donors (Lipinski definition) is 1. The first kappa shape index (κ1) is 18.2. The van der Waals surface area contributed by atoms with Gasteiger partial charge in [0.05, 0.1) is 0 Å². The van der Waals surface area contributed by atoms with Crippen LogP contribution in [-0.2, 0) is 14.3 Å². The van der Waals surface area contributed by atoms with Gasteiger partial charge in [0.15, 0.2) is 23.9 Å². The maximum Gasteiger partial charge on any atom is 0.325 e. The summed E-state index contributed by atoms with van der Waals surface area (Å²) in [6.07, 6.45) is 2.95. The number of carbonyl (C=O) groups excluding carboxylic acids is 3. The lowest BCUT2D eigenvalue weighted by Crippen LogP contribution is -2.30. The van der Waals surface area contributed by atoms with Crippen molar-refractivity contribution >= 4 is 23.7 Å². The van der Waals surface area contributed by atoms with Gasteiger partial charge in [0.1, 0.15) is 6.54 Å². The lowest BCUT2D eigenvalue weighted by atomic mass is 10.1. The number of nitrogens with one attached hydrogen (secondary N) is 1. The van der Waals surface area contributed by atoms with Crippen LogP contribution in [0.2, 0.25) is 0 Å². The van der Waals surface area contributed by atoms with E-state index >= 15 is 0 Å². The van der Waals surface area contributed by atoms with E-state index in [9.17, 15) is 14.4 Å². The van der Waals surface area contributed by atoms with Crippen LogP contribution < -0.4 is 14.8 Å². The number of amides is 1. The van der Waals surface area contributed by atoms with Gasteiger partial charge in [0.2, 0.25) is 12.7 Å². The molecule has 1 N–H and O–H groups in total. The molecule has 0 bridgehead atoms. The van der Waals surface area contributed by atoms with Crippen LogP contribution in [0.25, 0.3) is 6.08 Å². The van der Waals surface area contributed by atoms with Crippen LogP contribution in [0.4, 0.5) is 0 Å². The van der Waals surface area contributed by atoms with E-state index in [4.69, 9.17) is 14.2 Å². The Morgan fingerprint density at radius 3 is 2.63 bits per heavy atom. The van der Waals surface area contributed by atoms with Crippen LogP contribution in [0.3, 0.4) is 0 Å². The lowest BCUT2D eigenvalue weighted by Gasteiger charge is -2.05. The number of Topliss-reactive ketones (excluding diaryl/α,β-unsaturated/α-hetero) is 1. The summed E-state index contributed by atoms with van der Waals surface area (Å²) in [7, 11) is 0. The summed E-state index contributed by atoms with van der Waals surface area (Å²) >= 11 is 0. The fraction of sp³-hybridized carbons (Fsp3) is 0.150. The zero-order valence-corrected chi connectivity index (χ0v) is 14.3. The summed E-state index contributed by atoms with van der Waals surface area (Å²) < 4.78 is 15.3. The monoisotopic (exact) mass is 367 g/mol. The van der Waals surface area contributed by atoms with E-state index in [2.05, 4.69) is 5.32 Å². The van der Waals surface area contributed by atoms with Gasteiger partial charge < -0.3 is 19.5 Å². The van der Waals surface area contributed by atoms with Crippen molar-refractivity contribution in [3.05, 3.63) is 65.7 Å². The van der Waals surface area contributed by atoms with Crippen LogP contribution in [0, 0.1) is 0 Å². The van der Waals surface area contributed by atoms with Crippen molar-refractivity contribution in [2.45, 2.75) is 0 Å². The summed E-state index contributed by atoms with van der Waals surface area (Å²) in [5, 5.41) is 2.40. The number of rotatable bonds is 7. The molecule has 27 heavy (non-hydrogen) atoms. The molecule has 2 aromatic carbocycles. The molecule has 0 radical (unpaired) electrons. The molecular weight excluding hydrogens is 350 g/mol. The van der Waals surface area contributed by atoms with Crippen molar-refractivity contribution in [2.24, 2.45) is 0 Å². The second kappa shape index (κ2) is 8.66. The zero-order valence-electron chi connectivity index (χ0n) is 14.3. The second-order valence-electron chi connectivity index (χ2n) is 5.61. The number of esters is 1. The third-order valence-corrected chi connectivity index (χ3v) is 3.69. The van der Waals surface area contributed by atoms with Crippen molar-refractivity contribution < 1.29 is 28.6 Å². The predicted octanol–water partition coefficient (Wildman–Crippen LogP) is 1.97. The SMILES string of the molecule is O=C(/C=C/c1ccccc1)NCC(=O)OCC(=O)c1ccc2c(c1)OCO2. The van der Waals surface area contributed by atoms with E-state index in [1.807, 2.05) is 30.3 Å². The van der Waals surface area contributed by atoms with Crippen LogP contribution in [0.1, 0.15) is 15.9 Å². The third-order valence-electron chi connectivity index (χ3n) is 3.69. The topological polar surface area (TPSA) is 90.9 Å². The molecule has 0 aromatic heterocycles. The summed E-state index contributed by atoms with van der Waals surface area (Å²) in [6.45, 7) is -0.638.